The summed E-state index contributed by atoms with van der Waals surface area (Å²) in [6.45, 7) is 1.84. The number of halogens is 2. The second-order valence-electron chi connectivity index (χ2n) is 5.49. The van der Waals surface area contributed by atoms with E-state index in [0.717, 1.165) is 15.9 Å². The number of aromatic hydroxyl groups is 1. The Kier molecular flexibility index (Phi) is 4.96. The molecule has 0 atom stereocenters. The summed E-state index contributed by atoms with van der Waals surface area (Å²) in [6.07, 6.45) is 1.49. The number of benzene rings is 2. The summed E-state index contributed by atoms with van der Waals surface area (Å²) in [5, 5.41) is 10.1. The lowest BCUT2D eigenvalue weighted by atomic mass is 10.2. The quantitative estimate of drug-likeness (QED) is 0.581. The first kappa shape index (κ1) is 17.7. The SMILES string of the molecule is Cc1c(N=Cc2cc(Br)cc(Br)c2O)c(=O)n(-c2ccccc2)n1C. The highest BCUT2D eigenvalue weighted by Gasteiger charge is 2.15. The van der Waals surface area contributed by atoms with Crippen molar-refractivity contribution in [1.29, 1.82) is 0 Å². The maximum Gasteiger partial charge on any atom is 0.297 e. The van der Waals surface area contributed by atoms with Crippen LogP contribution in [0.25, 0.3) is 5.69 Å². The van der Waals surface area contributed by atoms with Crippen molar-refractivity contribution in [3.63, 3.8) is 0 Å². The van der Waals surface area contributed by atoms with Crippen LogP contribution < -0.4 is 5.56 Å². The van der Waals surface area contributed by atoms with Crippen LogP contribution in [0.1, 0.15) is 11.3 Å². The first-order chi connectivity index (χ1) is 11.9. The third-order valence-electron chi connectivity index (χ3n) is 3.91. The van der Waals surface area contributed by atoms with Crippen molar-refractivity contribution in [2.75, 3.05) is 0 Å². The molecule has 5 nitrogen and oxygen atoms in total. The minimum Gasteiger partial charge on any atom is -0.506 e. The molecule has 1 N–H and O–H groups in total. The van der Waals surface area contributed by atoms with E-state index in [0.29, 0.717) is 15.7 Å². The lowest BCUT2D eigenvalue weighted by molar-refractivity contribution is 0.471. The Morgan fingerprint density at radius 3 is 2.52 bits per heavy atom. The number of aromatic nitrogens is 2. The summed E-state index contributed by atoms with van der Waals surface area (Å²) in [6, 6.07) is 12.9. The number of hydrogen-bond acceptors (Lipinski definition) is 3. The van der Waals surface area contributed by atoms with Crippen molar-refractivity contribution in [3.8, 4) is 11.4 Å². The van der Waals surface area contributed by atoms with Gasteiger partial charge >= 0.3 is 0 Å². The van der Waals surface area contributed by atoms with E-state index < -0.39 is 0 Å². The van der Waals surface area contributed by atoms with Gasteiger partial charge in [-0.1, -0.05) is 34.1 Å². The largest absolute Gasteiger partial charge is 0.506 e. The third kappa shape index (κ3) is 3.34. The van der Waals surface area contributed by atoms with Crippen molar-refractivity contribution in [1.82, 2.24) is 9.36 Å². The maximum absolute atomic E-state index is 12.8. The molecule has 3 rings (SSSR count). The second kappa shape index (κ2) is 7.01. The van der Waals surface area contributed by atoms with Gasteiger partial charge in [0.25, 0.3) is 5.56 Å². The molecule has 0 aliphatic rings. The van der Waals surface area contributed by atoms with Crippen molar-refractivity contribution in [3.05, 3.63) is 73.0 Å². The Hall–Kier alpha value is -2.12. The van der Waals surface area contributed by atoms with E-state index in [2.05, 4.69) is 36.9 Å². The Balaban J connectivity index is 2.10. The standard InChI is InChI=1S/C18H15Br2N3O2/c1-11-16(21-10-12-8-13(19)9-15(20)17(12)24)18(25)23(22(11)2)14-6-4-3-5-7-14/h3-10,24H,1-2H3. The fourth-order valence-electron chi connectivity index (χ4n) is 2.52. The minimum absolute atomic E-state index is 0.0731. The Bertz CT molecular complexity index is 1020. The lowest BCUT2D eigenvalue weighted by Crippen LogP contribution is -2.19. The fourth-order valence-corrected chi connectivity index (χ4v) is 3.78. The van der Waals surface area contributed by atoms with Crippen LogP contribution in [0.3, 0.4) is 0 Å². The molecule has 0 unspecified atom stereocenters. The molecule has 1 aromatic heterocycles. The molecule has 0 bridgehead atoms. The first-order valence-electron chi connectivity index (χ1n) is 7.46. The highest BCUT2D eigenvalue weighted by Crippen LogP contribution is 2.31. The van der Waals surface area contributed by atoms with Gasteiger partial charge in [0.05, 0.1) is 15.9 Å². The molecular formula is C18H15Br2N3O2. The summed E-state index contributed by atoms with van der Waals surface area (Å²) in [4.78, 5) is 17.1. The van der Waals surface area contributed by atoms with Crippen LogP contribution >= 0.6 is 31.9 Å². The molecular weight excluding hydrogens is 450 g/mol. The van der Waals surface area contributed by atoms with Crippen LogP contribution in [0.5, 0.6) is 5.75 Å². The predicted molar refractivity (Wildman–Crippen MR) is 107 cm³/mol. The molecule has 0 radical (unpaired) electrons. The number of aliphatic imine (C=N–C) groups is 1. The number of phenolic OH excluding ortho intramolecular Hbond substituents is 1. The zero-order chi connectivity index (χ0) is 18.1. The van der Waals surface area contributed by atoms with E-state index in [1.54, 1.807) is 21.5 Å². The molecule has 7 heteroatoms. The Morgan fingerprint density at radius 1 is 1.16 bits per heavy atom. The van der Waals surface area contributed by atoms with E-state index >= 15 is 0 Å². The normalized spacial score (nSPS) is 11.4. The van der Waals surface area contributed by atoms with Crippen molar-refractivity contribution in [2.24, 2.45) is 12.0 Å². The van der Waals surface area contributed by atoms with Crippen molar-refractivity contribution in [2.45, 2.75) is 6.92 Å². The van der Waals surface area contributed by atoms with Gasteiger partial charge in [0.2, 0.25) is 0 Å². The number of hydrogen-bond donors (Lipinski definition) is 1. The average Bonchev–Trinajstić information content (AvgIpc) is 2.80. The molecule has 0 fully saturated rings. The van der Waals surface area contributed by atoms with Crippen LogP contribution in [0.4, 0.5) is 5.69 Å². The zero-order valence-corrected chi connectivity index (χ0v) is 16.7. The van der Waals surface area contributed by atoms with Gasteiger partial charge in [-0.2, -0.15) is 0 Å². The third-order valence-corrected chi connectivity index (χ3v) is 4.98. The summed E-state index contributed by atoms with van der Waals surface area (Å²) < 4.78 is 4.68. The monoisotopic (exact) mass is 463 g/mol. The van der Waals surface area contributed by atoms with Crippen molar-refractivity contribution < 1.29 is 5.11 Å². The van der Waals surface area contributed by atoms with Gasteiger partial charge in [-0.15, -0.1) is 0 Å². The van der Waals surface area contributed by atoms with E-state index in [-0.39, 0.29) is 11.3 Å². The molecule has 0 amide bonds. The number of phenols is 1. The van der Waals surface area contributed by atoms with Crippen LogP contribution in [-0.4, -0.2) is 20.7 Å². The van der Waals surface area contributed by atoms with Crippen LogP contribution in [0.2, 0.25) is 0 Å². The predicted octanol–water partition coefficient (Wildman–Crippen LogP) is 4.47. The van der Waals surface area contributed by atoms with Gasteiger partial charge in [0.1, 0.15) is 5.75 Å². The molecule has 0 spiro atoms. The molecule has 3 aromatic rings. The molecule has 0 saturated heterocycles. The van der Waals surface area contributed by atoms with Gasteiger partial charge in [0.15, 0.2) is 5.69 Å². The van der Waals surface area contributed by atoms with Crippen LogP contribution in [-0.2, 0) is 7.05 Å². The minimum atomic E-state index is -0.212. The maximum atomic E-state index is 12.8. The van der Waals surface area contributed by atoms with Crippen molar-refractivity contribution >= 4 is 43.8 Å². The number of nitrogens with zero attached hydrogens (tertiary/aromatic N) is 3. The topological polar surface area (TPSA) is 59.5 Å². The molecule has 0 aliphatic carbocycles. The fraction of sp³-hybridized carbons (Fsp3) is 0.111. The molecule has 25 heavy (non-hydrogen) atoms. The van der Waals surface area contributed by atoms with Gasteiger partial charge in [-0.3, -0.25) is 9.48 Å². The Labute approximate surface area is 161 Å². The summed E-state index contributed by atoms with van der Waals surface area (Å²) in [5.74, 6) is 0.0731. The molecule has 1 heterocycles. The number of rotatable bonds is 3. The van der Waals surface area contributed by atoms with Crippen LogP contribution in [0, 0.1) is 6.92 Å². The highest BCUT2D eigenvalue weighted by molar-refractivity contribution is 9.11. The van der Waals surface area contributed by atoms with E-state index in [1.807, 2.05) is 44.3 Å². The van der Waals surface area contributed by atoms with Crippen LogP contribution in [0.15, 0.2) is 61.2 Å². The molecule has 2 aromatic carbocycles. The van der Waals surface area contributed by atoms with E-state index in [9.17, 15) is 9.90 Å². The molecule has 128 valence electrons. The summed E-state index contributed by atoms with van der Waals surface area (Å²) >= 11 is 6.66. The van der Waals surface area contributed by atoms with Gasteiger partial charge in [-0.25, -0.2) is 9.67 Å². The smallest absolute Gasteiger partial charge is 0.297 e. The zero-order valence-electron chi connectivity index (χ0n) is 13.6. The first-order valence-corrected chi connectivity index (χ1v) is 9.05. The van der Waals surface area contributed by atoms with Gasteiger partial charge < -0.3 is 5.11 Å². The molecule has 0 saturated carbocycles. The summed E-state index contributed by atoms with van der Waals surface area (Å²) in [5.41, 5.74) is 2.14. The summed E-state index contributed by atoms with van der Waals surface area (Å²) in [7, 11) is 1.82. The lowest BCUT2D eigenvalue weighted by Gasteiger charge is -2.07. The highest BCUT2D eigenvalue weighted by atomic mass is 79.9. The van der Waals surface area contributed by atoms with Gasteiger partial charge in [0, 0.05) is 23.3 Å². The number of para-hydroxylation sites is 1. The molecule has 0 aliphatic heterocycles. The second-order valence-corrected chi connectivity index (χ2v) is 7.26. The van der Waals surface area contributed by atoms with Gasteiger partial charge in [-0.05, 0) is 47.1 Å². The Morgan fingerprint density at radius 2 is 1.84 bits per heavy atom. The average molecular weight is 465 g/mol. The van der Waals surface area contributed by atoms with E-state index in [1.165, 1.54) is 6.21 Å². The van der Waals surface area contributed by atoms with E-state index in [4.69, 9.17) is 0 Å².